The maximum absolute atomic E-state index is 12.6. The van der Waals surface area contributed by atoms with Crippen LogP contribution < -0.4 is 15.4 Å². The van der Waals surface area contributed by atoms with E-state index in [1.165, 1.54) is 25.3 Å². The molecule has 0 spiro atoms. The van der Waals surface area contributed by atoms with Gasteiger partial charge in [-0.3, -0.25) is 19.7 Å². The second kappa shape index (κ2) is 12.3. The summed E-state index contributed by atoms with van der Waals surface area (Å²) in [5.41, 5.74) is 0.294. The molecule has 1 atom stereocenters. The van der Waals surface area contributed by atoms with Crippen LogP contribution in [0.1, 0.15) is 29.1 Å². The Balaban J connectivity index is 1.67. The number of aromatic nitrogens is 3. The van der Waals surface area contributed by atoms with Gasteiger partial charge in [-0.05, 0) is 37.3 Å². The SMILES string of the molecule is CCn1c(SCC(=O)Nc2cc([N+](=O)[O-])ccc2Cl)nnc1C(CO)NC(=O)c1ccc(OC)cc1. The third-order valence-corrected chi connectivity index (χ3v) is 6.28. The number of carbonyl (C=O) groups excluding carboxylic acids is 2. The Kier molecular flexibility index (Phi) is 9.22. The Morgan fingerprint density at radius 2 is 1.97 bits per heavy atom. The highest BCUT2D eigenvalue weighted by Crippen LogP contribution is 2.27. The summed E-state index contributed by atoms with van der Waals surface area (Å²) in [5.74, 6) is -0.0223. The average molecular weight is 535 g/mol. The molecule has 1 unspecified atom stereocenters. The molecule has 1 heterocycles. The number of halogens is 1. The van der Waals surface area contributed by atoms with Crippen molar-refractivity contribution < 1.29 is 24.4 Å². The number of amides is 2. The van der Waals surface area contributed by atoms with Crippen LogP contribution in [0.25, 0.3) is 0 Å². The number of anilines is 1. The van der Waals surface area contributed by atoms with Crippen molar-refractivity contribution in [1.82, 2.24) is 20.1 Å². The summed E-state index contributed by atoms with van der Waals surface area (Å²) in [5, 5.41) is 34.9. The third-order valence-electron chi connectivity index (χ3n) is 4.98. The van der Waals surface area contributed by atoms with Gasteiger partial charge < -0.3 is 25.0 Å². The van der Waals surface area contributed by atoms with Gasteiger partial charge in [0.15, 0.2) is 11.0 Å². The number of nitro groups is 1. The Morgan fingerprint density at radius 1 is 1.25 bits per heavy atom. The number of methoxy groups -OCH3 is 1. The number of thioether (sulfide) groups is 1. The lowest BCUT2D eigenvalue weighted by Crippen LogP contribution is -2.32. The van der Waals surface area contributed by atoms with Crippen LogP contribution in [0.3, 0.4) is 0 Å². The average Bonchev–Trinajstić information content (AvgIpc) is 3.29. The maximum atomic E-state index is 12.6. The molecule has 190 valence electrons. The van der Waals surface area contributed by atoms with E-state index in [9.17, 15) is 24.8 Å². The minimum absolute atomic E-state index is 0.0842. The number of non-ortho nitro benzene ring substituents is 1. The van der Waals surface area contributed by atoms with Crippen molar-refractivity contribution >= 4 is 46.6 Å². The Labute approximate surface area is 215 Å². The summed E-state index contributed by atoms with van der Waals surface area (Å²) in [6.07, 6.45) is 0. The van der Waals surface area contributed by atoms with Crippen LogP contribution in [0.4, 0.5) is 11.4 Å². The van der Waals surface area contributed by atoms with E-state index in [0.717, 1.165) is 11.8 Å². The van der Waals surface area contributed by atoms with Crippen LogP contribution in [0, 0.1) is 10.1 Å². The zero-order valence-corrected chi connectivity index (χ0v) is 20.9. The van der Waals surface area contributed by atoms with E-state index in [4.69, 9.17) is 16.3 Å². The quantitative estimate of drug-likeness (QED) is 0.191. The van der Waals surface area contributed by atoms with E-state index in [2.05, 4.69) is 20.8 Å². The molecule has 2 aromatic carbocycles. The number of nitrogens with zero attached hydrogens (tertiary/aromatic N) is 4. The van der Waals surface area contributed by atoms with Gasteiger partial charge in [0.2, 0.25) is 5.91 Å². The fourth-order valence-electron chi connectivity index (χ4n) is 3.18. The smallest absolute Gasteiger partial charge is 0.271 e. The lowest BCUT2D eigenvalue weighted by molar-refractivity contribution is -0.384. The largest absolute Gasteiger partial charge is 0.497 e. The summed E-state index contributed by atoms with van der Waals surface area (Å²) in [7, 11) is 1.52. The molecule has 0 aliphatic rings. The van der Waals surface area contributed by atoms with Crippen molar-refractivity contribution in [2.45, 2.75) is 24.7 Å². The van der Waals surface area contributed by atoms with E-state index in [0.29, 0.717) is 28.8 Å². The molecule has 2 amide bonds. The molecule has 36 heavy (non-hydrogen) atoms. The number of hydrogen-bond acceptors (Lipinski definition) is 9. The van der Waals surface area contributed by atoms with Gasteiger partial charge in [-0.15, -0.1) is 10.2 Å². The predicted octanol–water partition coefficient (Wildman–Crippen LogP) is 3.06. The molecule has 0 fully saturated rings. The lowest BCUT2D eigenvalue weighted by Gasteiger charge is -2.17. The predicted molar refractivity (Wildman–Crippen MR) is 133 cm³/mol. The van der Waals surface area contributed by atoms with Gasteiger partial charge in [0.25, 0.3) is 11.6 Å². The maximum Gasteiger partial charge on any atom is 0.271 e. The van der Waals surface area contributed by atoms with Crippen molar-refractivity contribution in [2.75, 3.05) is 24.8 Å². The van der Waals surface area contributed by atoms with Crippen LogP contribution in [0.15, 0.2) is 47.6 Å². The molecule has 0 saturated carbocycles. The Morgan fingerprint density at radius 3 is 2.58 bits per heavy atom. The van der Waals surface area contributed by atoms with Crippen LogP contribution >= 0.6 is 23.4 Å². The van der Waals surface area contributed by atoms with Crippen molar-refractivity contribution in [3.63, 3.8) is 0 Å². The molecule has 14 heteroatoms. The number of aliphatic hydroxyl groups is 1. The van der Waals surface area contributed by atoms with Gasteiger partial charge in [0.05, 0.1) is 35.1 Å². The Hall–Kier alpha value is -3.68. The first-order valence-electron chi connectivity index (χ1n) is 10.6. The van der Waals surface area contributed by atoms with Gasteiger partial charge in [-0.1, -0.05) is 23.4 Å². The second-order valence-corrected chi connectivity index (χ2v) is 8.63. The van der Waals surface area contributed by atoms with Crippen LogP contribution in [-0.2, 0) is 11.3 Å². The normalized spacial score (nSPS) is 11.6. The second-order valence-electron chi connectivity index (χ2n) is 7.28. The molecule has 0 saturated heterocycles. The lowest BCUT2D eigenvalue weighted by atomic mass is 10.2. The van der Waals surface area contributed by atoms with E-state index in [1.54, 1.807) is 28.8 Å². The van der Waals surface area contributed by atoms with E-state index in [1.807, 2.05) is 6.92 Å². The van der Waals surface area contributed by atoms with Gasteiger partial charge in [0, 0.05) is 24.2 Å². The summed E-state index contributed by atoms with van der Waals surface area (Å²) in [6, 6.07) is 9.41. The zero-order chi connectivity index (χ0) is 26.2. The fraction of sp³-hybridized carbons (Fsp3) is 0.273. The van der Waals surface area contributed by atoms with Crippen molar-refractivity contribution in [3.05, 3.63) is 69.0 Å². The highest BCUT2D eigenvalue weighted by atomic mass is 35.5. The molecule has 3 rings (SSSR count). The van der Waals surface area contributed by atoms with E-state index in [-0.39, 0.29) is 22.2 Å². The van der Waals surface area contributed by atoms with E-state index >= 15 is 0 Å². The number of nitro benzene ring substituents is 1. The summed E-state index contributed by atoms with van der Waals surface area (Å²) in [6.45, 7) is 1.83. The van der Waals surface area contributed by atoms with Gasteiger partial charge in [-0.2, -0.15) is 0 Å². The van der Waals surface area contributed by atoms with Crippen molar-refractivity contribution in [3.8, 4) is 5.75 Å². The topological polar surface area (TPSA) is 162 Å². The minimum atomic E-state index is -0.834. The molecular formula is C22H23ClN6O6S. The molecule has 3 aromatic rings. The first-order valence-corrected chi connectivity index (χ1v) is 12.0. The highest BCUT2D eigenvalue weighted by Gasteiger charge is 2.23. The minimum Gasteiger partial charge on any atom is -0.497 e. The molecule has 0 aliphatic heterocycles. The standard InChI is InChI=1S/C22H23ClN6O6S/c1-3-28-20(18(11-30)25-21(32)13-4-7-15(35-2)8-5-13)26-27-22(28)36-12-19(31)24-17-10-14(29(33)34)6-9-16(17)23/h4-10,18,30H,3,11-12H2,1-2H3,(H,24,31)(H,25,32). The molecule has 0 bridgehead atoms. The number of rotatable bonds is 11. The van der Waals surface area contributed by atoms with Gasteiger partial charge in [-0.25, -0.2) is 0 Å². The number of aliphatic hydroxyl groups excluding tert-OH is 1. The molecule has 12 nitrogen and oxygen atoms in total. The van der Waals surface area contributed by atoms with E-state index < -0.39 is 29.4 Å². The number of nitrogens with one attached hydrogen (secondary N) is 2. The van der Waals surface area contributed by atoms with Gasteiger partial charge in [0.1, 0.15) is 11.8 Å². The number of carbonyl (C=O) groups is 2. The third kappa shape index (κ3) is 6.50. The molecule has 3 N–H and O–H groups in total. The number of ether oxygens (including phenoxy) is 1. The summed E-state index contributed by atoms with van der Waals surface area (Å²) < 4.78 is 6.76. The number of hydrogen-bond donors (Lipinski definition) is 3. The van der Waals surface area contributed by atoms with Crippen LogP contribution in [0.2, 0.25) is 5.02 Å². The summed E-state index contributed by atoms with van der Waals surface area (Å²) in [4.78, 5) is 35.5. The van der Waals surface area contributed by atoms with Crippen molar-refractivity contribution in [2.24, 2.45) is 0 Å². The van der Waals surface area contributed by atoms with Gasteiger partial charge >= 0.3 is 0 Å². The number of benzene rings is 2. The molecule has 1 aromatic heterocycles. The monoisotopic (exact) mass is 534 g/mol. The highest BCUT2D eigenvalue weighted by molar-refractivity contribution is 7.99. The molecule has 0 aliphatic carbocycles. The zero-order valence-electron chi connectivity index (χ0n) is 19.3. The Bertz CT molecular complexity index is 1250. The van der Waals surface area contributed by atoms with Crippen molar-refractivity contribution in [1.29, 1.82) is 0 Å². The first kappa shape index (κ1) is 26.9. The first-order chi connectivity index (χ1) is 17.3. The molecular weight excluding hydrogens is 512 g/mol. The van der Waals surface area contributed by atoms with Crippen LogP contribution in [0.5, 0.6) is 5.75 Å². The summed E-state index contributed by atoms with van der Waals surface area (Å²) >= 11 is 7.11. The molecule has 0 radical (unpaired) electrons. The van der Waals surface area contributed by atoms with Crippen LogP contribution in [-0.4, -0.2) is 56.1 Å². The fourth-order valence-corrected chi connectivity index (χ4v) is 4.15.